The van der Waals surface area contributed by atoms with E-state index in [1.54, 1.807) is 7.11 Å². The Morgan fingerprint density at radius 2 is 2.16 bits per heavy atom. The van der Waals surface area contributed by atoms with Gasteiger partial charge in [-0.1, -0.05) is 48.3 Å². The predicted octanol–water partition coefficient (Wildman–Crippen LogP) is 4.20. The highest BCUT2D eigenvalue weighted by atomic mass is 79.9. The molecule has 108 valence electrons. The number of hydrogen-bond donors (Lipinski definition) is 1. The minimum absolute atomic E-state index is 0.573. The van der Waals surface area contributed by atoms with Gasteiger partial charge in [-0.2, -0.15) is 0 Å². The largest absolute Gasteiger partial charge is 0.383 e. The van der Waals surface area contributed by atoms with E-state index >= 15 is 0 Å². The quantitative estimate of drug-likeness (QED) is 0.686. The van der Waals surface area contributed by atoms with Crippen LogP contribution in [-0.2, 0) is 4.74 Å². The molecule has 3 heteroatoms. The SMILES string of the molecule is CCC(C)CC(CNCCOC)c1cccc(Br)c1. The maximum Gasteiger partial charge on any atom is 0.0587 e. The van der Waals surface area contributed by atoms with Gasteiger partial charge in [-0.25, -0.2) is 0 Å². The molecule has 1 aromatic carbocycles. The molecule has 1 N–H and O–H groups in total. The Balaban J connectivity index is 2.63. The summed E-state index contributed by atoms with van der Waals surface area (Å²) in [6.07, 6.45) is 2.47. The Labute approximate surface area is 126 Å². The maximum atomic E-state index is 5.08. The zero-order valence-electron chi connectivity index (χ0n) is 12.3. The highest BCUT2D eigenvalue weighted by molar-refractivity contribution is 9.10. The van der Waals surface area contributed by atoms with E-state index in [0.29, 0.717) is 5.92 Å². The molecule has 0 heterocycles. The van der Waals surface area contributed by atoms with Gasteiger partial charge in [0.25, 0.3) is 0 Å². The van der Waals surface area contributed by atoms with E-state index in [0.717, 1.165) is 30.1 Å². The first-order valence-electron chi connectivity index (χ1n) is 7.12. The third kappa shape index (κ3) is 6.55. The van der Waals surface area contributed by atoms with Gasteiger partial charge in [-0.3, -0.25) is 0 Å². The van der Waals surface area contributed by atoms with Crippen molar-refractivity contribution in [2.45, 2.75) is 32.6 Å². The summed E-state index contributed by atoms with van der Waals surface area (Å²) in [5.41, 5.74) is 1.42. The van der Waals surface area contributed by atoms with Crippen molar-refractivity contribution >= 4 is 15.9 Å². The second kappa shape index (κ2) is 9.51. The van der Waals surface area contributed by atoms with Crippen LogP contribution in [0.15, 0.2) is 28.7 Å². The van der Waals surface area contributed by atoms with Crippen LogP contribution in [0.2, 0.25) is 0 Å². The molecule has 0 fully saturated rings. The summed E-state index contributed by atoms with van der Waals surface area (Å²) < 4.78 is 6.24. The van der Waals surface area contributed by atoms with Crippen molar-refractivity contribution in [3.63, 3.8) is 0 Å². The van der Waals surface area contributed by atoms with E-state index in [4.69, 9.17) is 4.74 Å². The smallest absolute Gasteiger partial charge is 0.0587 e. The van der Waals surface area contributed by atoms with Gasteiger partial charge < -0.3 is 10.1 Å². The predicted molar refractivity (Wildman–Crippen MR) is 85.7 cm³/mol. The lowest BCUT2D eigenvalue weighted by Crippen LogP contribution is -2.26. The van der Waals surface area contributed by atoms with Crippen molar-refractivity contribution in [2.75, 3.05) is 26.8 Å². The van der Waals surface area contributed by atoms with Gasteiger partial charge in [0.1, 0.15) is 0 Å². The molecule has 0 aliphatic heterocycles. The normalized spacial score (nSPS) is 14.3. The molecule has 0 amide bonds. The zero-order valence-corrected chi connectivity index (χ0v) is 13.9. The van der Waals surface area contributed by atoms with Crippen LogP contribution in [0.25, 0.3) is 0 Å². The number of ether oxygens (including phenoxy) is 1. The molecule has 0 bridgehead atoms. The van der Waals surface area contributed by atoms with Crippen LogP contribution < -0.4 is 5.32 Å². The average Bonchev–Trinajstić information content (AvgIpc) is 2.42. The topological polar surface area (TPSA) is 21.3 Å². The second-order valence-corrected chi connectivity index (χ2v) is 6.11. The molecule has 2 unspecified atom stereocenters. The van der Waals surface area contributed by atoms with Crippen molar-refractivity contribution in [1.82, 2.24) is 5.32 Å². The number of benzene rings is 1. The summed E-state index contributed by atoms with van der Waals surface area (Å²) in [7, 11) is 1.74. The molecule has 0 aromatic heterocycles. The van der Waals surface area contributed by atoms with E-state index < -0.39 is 0 Å². The Bertz CT molecular complexity index is 356. The standard InChI is InChI=1S/C16H26BrNO/c1-4-13(2)10-15(12-18-8-9-19-3)14-6-5-7-16(17)11-14/h5-7,11,13,15,18H,4,8-10,12H2,1-3H3. The Hall–Kier alpha value is -0.380. The summed E-state index contributed by atoms with van der Waals surface area (Å²) in [6.45, 7) is 7.31. The number of rotatable bonds is 9. The van der Waals surface area contributed by atoms with Crippen LogP contribution in [0.3, 0.4) is 0 Å². The Morgan fingerprint density at radius 1 is 1.37 bits per heavy atom. The number of halogens is 1. The van der Waals surface area contributed by atoms with Crippen molar-refractivity contribution in [3.8, 4) is 0 Å². The van der Waals surface area contributed by atoms with E-state index in [1.165, 1.54) is 18.4 Å². The summed E-state index contributed by atoms with van der Waals surface area (Å²) in [6, 6.07) is 8.68. The molecule has 1 rings (SSSR count). The first kappa shape index (κ1) is 16.7. The molecule has 2 atom stereocenters. The van der Waals surface area contributed by atoms with Gasteiger partial charge in [0.15, 0.2) is 0 Å². The molecule has 19 heavy (non-hydrogen) atoms. The molecular formula is C16H26BrNO. The lowest BCUT2D eigenvalue weighted by atomic mass is 9.88. The third-order valence-corrected chi connectivity index (χ3v) is 4.07. The van der Waals surface area contributed by atoms with Gasteiger partial charge in [-0.05, 0) is 36.0 Å². The Morgan fingerprint density at radius 3 is 2.79 bits per heavy atom. The second-order valence-electron chi connectivity index (χ2n) is 5.20. The average molecular weight is 328 g/mol. The van der Waals surface area contributed by atoms with E-state index in [1.807, 2.05) is 0 Å². The molecule has 0 radical (unpaired) electrons. The Kier molecular flexibility index (Phi) is 8.35. The van der Waals surface area contributed by atoms with Crippen molar-refractivity contribution in [3.05, 3.63) is 34.3 Å². The fourth-order valence-corrected chi connectivity index (χ4v) is 2.62. The van der Waals surface area contributed by atoms with Gasteiger partial charge in [0.2, 0.25) is 0 Å². The minimum atomic E-state index is 0.573. The molecule has 0 saturated heterocycles. The van der Waals surface area contributed by atoms with Crippen molar-refractivity contribution in [1.29, 1.82) is 0 Å². The molecule has 0 aliphatic rings. The van der Waals surface area contributed by atoms with E-state index in [-0.39, 0.29) is 0 Å². The molecule has 0 spiro atoms. The first-order valence-corrected chi connectivity index (χ1v) is 7.91. The maximum absolute atomic E-state index is 5.08. The van der Waals surface area contributed by atoms with E-state index in [2.05, 4.69) is 59.4 Å². The fraction of sp³-hybridized carbons (Fsp3) is 0.625. The molecule has 1 aromatic rings. The number of methoxy groups -OCH3 is 1. The lowest BCUT2D eigenvalue weighted by Gasteiger charge is -2.21. The number of hydrogen-bond acceptors (Lipinski definition) is 2. The summed E-state index contributed by atoms with van der Waals surface area (Å²) in [4.78, 5) is 0. The van der Waals surface area contributed by atoms with Crippen LogP contribution in [0.1, 0.15) is 38.2 Å². The zero-order chi connectivity index (χ0) is 14.1. The first-order chi connectivity index (χ1) is 9.17. The van der Waals surface area contributed by atoms with Gasteiger partial charge in [0, 0.05) is 24.7 Å². The van der Waals surface area contributed by atoms with Crippen LogP contribution >= 0.6 is 15.9 Å². The highest BCUT2D eigenvalue weighted by Crippen LogP contribution is 2.26. The van der Waals surface area contributed by atoms with Crippen LogP contribution in [0.5, 0.6) is 0 Å². The van der Waals surface area contributed by atoms with E-state index in [9.17, 15) is 0 Å². The lowest BCUT2D eigenvalue weighted by molar-refractivity contribution is 0.198. The molecule has 2 nitrogen and oxygen atoms in total. The van der Waals surface area contributed by atoms with Crippen LogP contribution in [0, 0.1) is 5.92 Å². The monoisotopic (exact) mass is 327 g/mol. The molecule has 0 saturated carbocycles. The van der Waals surface area contributed by atoms with Crippen molar-refractivity contribution in [2.24, 2.45) is 5.92 Å². The van der Waals surface area contributed by atoms with Crippen LogP contribution in [0.4, 0.5) is 0 Å². The van der Waals surface area contributed by atoms with Gasteiger partial charge in [0.05, 0.1) is 6.61 Å². The highest BCUT2D eigenvalue weighted by Gasteiger charge is 2.14. The fourth-order valence-electron chi connectivity index (χ4n) is 2.20. The van der Waals surface area contributed by atoms with Gasteiger partial charge >= 0.3 is 0 Å². The molecule has 0 aliphatic carbocycles. The number of nitrogens with one attached hydrogen (secondary N) is 1. The third-order valence-electron chi connectivity index (χ3n) is 3.58. The molecular weight excluding hydrogens is 302 g/mol. The summed E-state index contributed by atoms with van der Waals surface area (Å²) in [5, 5.41) is 3.49. The minimum Gasteiger partial charge on any atom is -0.383 e. The van der Waals surface area contributed by atoms with Crippen LogP contribution in [-0.4, -0.2) is 26.8 Å². The van der Waals surface area contributed by atoms with Gasteiger partial charge in [-0.15, -0.1) is 0 Å². The van der Waals surface area contributed by atoms with Crippen molar-refractivity contribution < 1.29 is 4.74 Å². The summed E-state index contributed by atoms with van der Waals surface area (Å²) >= 11 is 3.57. The summed E-state index contributed by atoms with van der Waals surface area (Å²) in [5.74, 6) is 1.33.